The second kappa shape index (κ2) is 9.89. The minimum atomic E-state index is -0.925. The van der Waals surface area contributed by atoms with E-state index >= 15 is 0 Å². The number of hydrogen-bond acceptors (Lipinski definition) is 4. The number of imidazole rings is 1. The second-order valence-corrected chi connectivity index (χ2v) is 10.7. The third-order valence-electron chi connectivity index (χ3n) is 8.07. The molecule has 4 aromatic rings. The number of nitrogens with one attached hydrogen (secondary N) is 1. The first kappa shape index (κ1) is 25.2. The van der Waals surface area contributed by atoms with Gasteiger partial charge in [0.2, 0.25) is 0 Å². The lowest BCUT2D eigenvalue weighted by atomic mass is 9.84. The summed E-state index contributed by atoms with van der Waals surface area (Å²) in [7, 11) is 0. The number of rotatable bonds is 3. The number of carbonyl (C=O) groups is 1. The van der Waals surface area contributed by atoms with E-state index in [1.165, 1.54) is 0 Å². The summed E-state index contributed by atoms with van der Waals surface area (Å²) >= 11 is 0. The predicted molar refractivity (Wildman–Crippen MR) is 154 cm³/mol. The number of nitrogens with zero attached hydrogens (tertiary/aromatic N) is 3. The molecule has 39 heavy (non-hydrogen) atoms. The van der Waals surface area contributed by atoms with Crippen molar-refractivity contribution < 1.29 is 14.6 Å². The van der Waals surface area contributed by atoms with Crippen LogP contribution >= 0.6 is 0 Å². The molecule has 3 heterocycles. The van der Waals surface area contributed by atoms with Gasteiger partial charge in [-0.3, -0.25) is 0 Å². The molecule has 6 rings (SSSR count). The number of fused-ring (bicyclic) bond motifs is 2. The van der Waals surface area contributed by atoms with E-state index in [0.29, 0.717) is 45.6 Å². The van der Waals surface area contributed by atoms with Crippen LogP contribution in [0.3, 0.4) is 0 Å². The zero-order valence-corrected chi connectivity index (χ0v) is 22.5. The topological polar surface area (TPSA) is 81.7 Å². The zero-order valence-electron chi connectivity index (χ0n) is 22.5. The third-order valence-corrected chi connectivity index (χ3v) is 8.07. The van der Waals surface area contributed by atoms with Gasteiger partial charge in [-0.1, -0.05) is 43.0 Å². The lowest BCUT2D eigenvalue weighted by Crippen LogP contribution is -2.50. The van der Waals surface area contributed by atoms with E-state index < -0.39 is 5.60 Å². The Kier molecular flexibility index (Phi) is 6.39. The Labute approximate surface area is 228 Å². The van der Waals surface area contributed by atoms with Crippen molar-refractivity contribution in [3.8, 4) is 16.9 Å². The number of likely N-dealkylation sites (tertiary alicyclic amines) is 1. The molecule has 7 heteroatoms. The molecule has 1 fully saturated rings. The van der Waals surface area contributed by atoms with Gasteiger partial charge in [-0.05, 0) is 78.8 Å². The van der Waals surface area contributed by atoms with Gasteiger partial charge in [-0.15, -0.1) is 0 Å². The highest BCUT2D eigenvalue weighted by atomic mass is 16.5. The summed E-state index contributed by atoms with van der Waals surface area (Å²) in [6.07, 6.45) is 2.80. The first-order valence-corrected chi connectivity index (χ1v) is 13.6. The maximum Gasteiger partial charge on any atom is 0.320 e. The number of aromatic nitrogens is 2. The van der Waals surface area contributed by atoms with Crippen LogP contribution in [0, 0.1) is 13.8 Å². The standard InChI is InChI=1S/C32H34N4O3/c1-4-23-5-8-27(9-6-23)32(38)11-13-35(14-12-32)31(37)36-15-16-39-30-21(2)17-25(18-26(30)20-36)24-7-10-28-29(19-24)34-22(3)33-28/h4-10,17-19,38H,1,11-16,20H2,2-3H3,(H,33,34). The minimum absolute atomic E-state index is 0.00656. The summed E-state index contributed by atoms with van der Waals surface area (Å²) in [5.41, 5.74) is 7.19. The summed E-state index contributed by atoms with van der Waals surface area (Å²) in [6.45, 7) is 10.3. The average molecular weight is 523 g/mol. The molecule has 3 aromatic carbocycles. The molecule has 0 spiro atoms. The largest absolute Gasteiger partial charge is 0.491 e. The SMILES string of the molecule is C=Cc1ccc(C2(O)CCN(C(=O)N3CCOc4c(C)cc(-c5ccc6nc(C)[nH]c6c5)cc4C3)CC2)cc1. The van der Waals surface area contributed by atoms with E-state index in [2.05, 4.69) is 47.7 Å². The van der Waals surface area contributed by atoms with Crippen molar-refractivity contribution in [2.75, 3.05) is 26.2 Å². The van der Waals surface area contributed by atoms with Crippen molar-refractivity contribution in [1.82, 2.24) is 19.8 Å². The van der Waals surface area contributed by atoms with Gasteiger partial charge in [0.15, 0.2) is 0 Å². The highest BCUT2D eigenvalue weighted by Crippen LogP contribution is 2.36. The van der Waals surface area contributed by atoms with E-state index in [4.69, 9.17) is 4.74 Å². The molecule has 0 saturated carbocycles. The van der Waals surface area contributed by atoms with Gasteiger partial charge in [-0.2, -0.15) is 0 Å². The number of benzene rings is 3. The maximum absolute atomic E-state index is 13.6. The van der Waals surface area contributed by atoms with E-state index in [0.717, 1.165) is 56.0 Å². The number of aliphatic hydroxyl groups is 1. The Morgan fingerprint density at radius 3 is 2.54 bits per heavy atom. The first-order valence-electron chi connectivity index (χ1n) is 13.6. The quantitative estimate of drug-likeness (QED) is 0.357. The Morgan fingerprint density at radius 2 is 1.79 bits per heavy atom. The lowest BCUT2D eigenvalue weighted by Gasteiger charge is -2.40. The number of ether oxygens (including phenoxy) is 1. The molecule has 7 nitrogen and oxygen atoms in total. The van der Waals surface area contributed by atoms with Crippen molar-refractivity contribution in [2.45, 2.75) is 38.8 Å². The molecule has 1 saturated heterocycles. The van der Waals surface area contributed by atoms with E-state index in [9.17, 15) is 9.90 Å². The van der Waals surface area contributed by atoms with Crippen LogP contribution in [-0.4, -0.2) is 57.1 Å². The number of aryl methyl sites for hydroxylation is 2. The van der Waals surface area contributed by atoms with Crippen LogP contribution in [-0.2, 0) is 12.1 Å². The number of amides is 2. The van der Waals surface area contributed by atoms with Crippen molar-refractivity contribution in [1.29, 1.82) is 0 Å². The van der Waals surface area contributed by atoms with Crippen molar-refractivity contribution in [2.24, 2.45) is 0 Å². The fraction of sp³-hybridized carbons (Fsp3) is 0.312. The molecule has 2 N–H and O–H groups in total. The molecule has 2 amide bonds. The molecule has 0 aliphatic carbocycles. The Morgan fingerprint density at radius 1 is 1.03 bits per heavy atom. The van der Waals surface area contributed by atoms with Gasteiger partial charge in [-0.25, -0.2) is 9.78 Å². The van der Waals surface area contributed by atoms with Crippen LogP contribution in [0.1, 0.15) is 40.9 Å². The molecule has 1 aromatic heterocycles. The number of urea groups is 1. The first-order chi connectivity index (χ1) is 18.8. The van der Waals surface area contributed by atoms with Gasteiger partial charge in [0.1, 0.15) is 18.2 Å². The van der Waals surface area contributed by atoms with Crippen LogP contribution < -0.4 is 4.74 Å². The van der Waals surface area contributed by atoms with Crippen molar-refractivity contribution in [3.05, 3.63) is 89.3 Å². The highest BCUT2D eigenvalue weighted by Gasteiger charge is 2.37. The molecule has 0 unspecified atom stereocenters. The summed E-state index contributed by atoms with van der Waals surface area (Å²) in [5, 5.41) is 11.3. The van der Waals surface area contributed by atoms with Gasteiger partial charge in [0.25, 0.3) is 0 Å². The fourth-order valence-corrected chi connectivity index (χ4v) is 5.85. The monoisotopic (exact) mass is 522 g/mol. The molecular formula is C32H34N4O3. The van der Waals surface area contributed by atoms with Gasteiger partial charge >= 0.3 is 6.03 Å². The molecule has 2 aliphatic rings. The summed E-state index contributed by atoms with van der Waals surface area (Å²) in [5.74, 6) is 1.76. The Hall–Kier alpha value is -4.10. The molecule has 2 aliphatic heterocycles. The van der Waals surface area contributed by atoms with Crippen molar-refractivity contribution in [3.63, 3.8) is 0 Å². The normalized spacial score (nSPS) is 16.9. The number of aromatic amines is 1. The summed E-state index contributed by atoms with van der Waals surface area (Å²) < 4.78 is 6.15. The van der Waals surface area contributed by atoms with Gasteiger partial charge in [0, 0.05) is 18.7 Å². The summed E-state index contributed by atoms with van der Waals surface area (Å²) in [6, 6.07) is 18.4. The summed E-state index contributed by atoms with van der Waals surface area (Å²) in [4.78, 5) is 25.2. The lowest BCUT2D eigenvalue weighted by molar-refractivity contribution is -0.0201. The Balaban J connectivity index is 1.19. The fourth-order valence-electron chi connectivity index (χ4n) is 5.85. The molecule has 200 valence electrons. The van der Waals surface area contributed by atoms with Crippen LogP contribution in [0.25, 0.3) is 28.2 Å². The molecular weight excluding hydrogens is 488 g/mol. The molecule has 0 radical (unpaired) electrons. The van der Waals surface area contributed by atoms with Gasteiger partial charge in [0.05, 0.1) is 29.7 Å². The second-order valence-electron chi connectivity index (χ2n) is 10.7. The average Bonchev–Trinajstić information content (AvgIpc) is 3.18. The number of H-pyrrole nitrogens is 1. The van der Waals surface area contributed by atoms with Crippen LogP contribution in [0.4, 0.5) is 4.79 Å². The predicted octanol–water partition coefficient (Wildman–Crippen LogP) is 5.79. The maximum atomic E-state index is 13.6. The minimum Gasteiger partial charge on any atom is -0.491 e. The third kappa shape index (κ3) is 4.79. The highest BCUT2D eigenvalue weighted by molar-refractivity contribution is 5.82. The van der Waals surface area contributed by atoms with Gasteiger partial charge < -0.3 is 24.6 Å². The number of carbonyl (C=O) groups excluding carboxylic acids is 1. The van der Waals surface area contributed by atoms with Crippen LogP contribution in [0.2, 0.25) is 0 Å². The van der Waals surface area contributed by atoms with Crippen molar-refractivity contribution >= 4 is 23.1 Å². The molecule has 0 bridgehead atoms. The smallest absolute Gasteiger partial charge is 0.320 e. The van der Waals surface area contributed by atoms with Crippen LogP contribution in [0.5, 0.6) is 5.75 Å². The van der Waals surface area contributed by atoms with E-state index in [-0.39, 0.29) is 6.03 Å². The molecule has 0 atom stereocenters. The zero-order chi connectivity index (χ0) is 27.1. The number of piperidine rings is 1. The Bertz CT molecular complexity index is 1550. The van der Waals surface area contributed by atoms with E-state index in [1.807, 2.05) is 47.1 Å². The van der Waals surface area contributed by atoms with E-state index in [1.54, 1.807) is 6.08 Å². The van der Waals surface area contributed by atoms with Crippen LogP contribution in [0.15, 0.2) is 61.2 Å². The number of hydrogen-bond donors (Lipinski definition) is 2.